The number of ether oxygens (including phenoxy) is 3. The Labute approximate surface area is 278 Å². The number of hydrogen-bond acceptors (Lipinski definition) is 6. The number of fused-ring (bicyclic) bond motifs is 1. The van der Waals surface area contributed by atoms with E-state index in [0.717, 1.165) is 28.7 Å². The summed E-state index contributed by atoms with van der Waals surface area (Å²) >= 11 is 12.2. The van der Waals surface area contributed by atoms with Gasteiger partial charge in [0.05, 0.1) is 34.6 Å². The normalized spacial score (nSPS) is 14.4. The average molecular weight is 695 g/mol. The minimum atomic E-state index is -1.56. The molecule has 1 atom stereocenters. The molecule has 1 fully saturated rings. The van der Waals surface area contributed by atoms with Gasteiger partial charge in [-0.05, 0) is 61.2 Å². The van der Waals surface area contributed by atoms with E-state index in [4.69, 9.17) is 37.4 Å². The molecule has 2 heterocycles. The van der Waals surface area contributed by atoms with Crippen LogP contribution in [-0.2, 0) is 11.3 Å². The average Bonchev–Trinajstić information content (AvgIpc) is 3.08. The SMILES string of the molecule is COc1cc(Cn2c(=O)c3cc(OC(CF)CF)c(F)cc3n(C3CCN(C=O)CC3)c2=O)ccc1OC(C)c1ccc(Cl)c(Cl)c1. The van der Waals surface area contributed by atoms with Crippen molar-refractivity contribution in [2.45, 2.75) is 44.6 Å². The van der Waals surface area contributed by atoms with Gasteiger partial charge in [-0.1, -0.05) is 35.3 Å². The van der Waals surface area contributed by atoms with Crippen LogP contribution in [0.5, 0.6) is 17.2 Å². The molecule has 47 heavy (non-hydrogen) atoms. The number of halogens is 5. The van der Waals surface area contributed by atoms with Crippen molar-refractivity contribution < 1.29 is 32.2 Å². The summed E-state index contributed by atoms with van der Waals surface area (Å²) in [7, 11) is 1.45. The van der Waals surface area contributed by atoms with E-state index in [9.17, 15) is 23.2 Å². The van der Waals surface area contributed by atoms with Crippen molar-refractivity contribution in [3.8, 4) is 17.2 Å². The zero-order chi connectivity index (χ0) is 33.8. The Hall–Kier alpha value is -4.16. The van der Waals surface area contributed by atoms with E-state index in [1.807, 2.05) is 6.92 Å². The monoisotopic (exact) mass is 693 g/mol. The van der Waals surface area contributed by atoms with Crippen LogP contribution in [-0.4, -0.2) is 60.1 Å². The van der Waals surface area contributed by atoms with Crippen LogP contribution in [0.15, 0.2) is 58.1 Å². The van der Waals surface area contributed by atoms with E-state index >= 15 is 4.39 Å². The molecule has 9 nitrogen and oxygen atoms in total. The molecule has 0 spiro atoms. The number of hydrogen-bond donors (Lipinski definition) is 0. The number of aromatic nitrogens is 2. The molecule has 1 unspecified atom stereocenters. The van der Waals surface area contributed by atoms with Gasteiger partial charge in [0, 0.05) is 25.2 Å². The van der Waals surface area contributed by atoms with Crippen molar-refractivity contribution in [3.05, 3.63) is 96.4 Å². The van der Waals surface area contributed by atoms with Crippen molar-refractivity contribution in [2.24, 2.45) is 0 Å². The highest BCUT2D eigenvalue weighted by Gasteiger charge is 2.26. The highest BCUT2D eigenvalue weighted by atomic mass is 35.5. The number of nitrogens with zero attached hydrogens (tertiary/aromatic N) is 3. The van der Waals surface area contributed by atoms with Crippen LogP contribution < -0.4 is 25.5 Å². The van der Waals surface area contributed by atoms with Crippen LogP contribution in [0, 0.1) is 5.82 Å². The summed E-state index contributed by atoms with van der Waals surface area (Å²) in [6.07, 6.45) is -0.505. The van der Waals surface area contributed by atoms with Crippen LogP contribution in [0.25, 0.3) is 10.9 Å². The Bertz CT molecular complexity index is 1890. The summed E-state index contributed by atoms with van der Waals surface area (Å²) in [5.41, 5.74) is -0.123. The van der Waals surface area contributed by atoms with Crippen LogP contribution in [0.3, 0.4) is 0 Å². The van der Waals surface area contributed by atoms with E-state index < -0.39 is 54.4 Å². The van der Waals surface area contributed by atoms with E-state index in [-0.39, 0.29) is 17.4 Å². The van der Waals surface area contributed by atoms with Crippen LogP contribution in [0.2, 0.25) is 10.0 Å². The second-order valence-electron chi connectivity index (χ2n) is 11.2. The lowest BCUT2D eigenvalue weighted by Crippen LogP contribution is -2.44. The molecular formula is C33H32Cl2F3N3O6. The van der Waals surface area contributed by atoms with Gasteiger partial charge < -0.3 is 19.1 Å². The predicted molar refractivity (Wildman–Crippen MR) is 172 cm³/mol. The topological polar surface area (TPSA) is 92.0 Å². The molecule has 1 saturated heterocycles. The number of carbonyl (C=O) groups is 1. The predicted octanol–water partition coefficient (Wildman–Crippen LogP) is 6.29. The van der Waals surface area contributed by atoms with Crippen molar-refractivity contribution >= 4 is 40.5 Å². The van der Waals surface area contributed by atoms with Crippen LogP contribution in [0.1, 0.15) is 43.0 Å². The summed E-state index contributed by atoms with van der Waals surface area (Å²) < 4.78 is 60.9. The first kappa shape index (κ1) is 34.2. The highest BCUT2D eigenvalue weighted by molar-refractivity contribution is 6.42. The number of alkyl halides is 2. The lowest BCUT2D eigenvalue weighted by Gasteiger charge is -2.31. The number of piperidine rings is 1. The number of methoxy groups -OCH3 is 1. The van der Waals surface area contributed by atoms with Crippen molar-refractivity contribution in [2.75, 3.05) is 33.5 Å². The number of amides is 1. The molecular weight excluding hydrogens is 662 g/mol. The molecule has 1 aliphatic rings. The quantitative estimate of drug-likeness (QED) is 0.162. The molecule has 0 aliphatic carbocycles. The summed E-state index contributed by atoms with van der Waals surface area (Å²) in [6.45, 7) is -0.0575. The maximum Gasteiger partial charge on any atom is 0.332 e. The Kier molecular flexibility index (Phi) is 10.7. The summed E-state index contributed by atoms with van der Waals surface area (Å²) in [5, 5.41) is 0.725. The third-order valence-electron chi connectivity index (χ3n) is 8.16. The molecule has 0 saturated carbocycles. The number of carbonyl (C=O) groups excluding carboxylic acids is 1. The maximum absolute atomic E-state index is 15.2. The first-order chi connectivity index (χ1) is 22.6. The van der Waals surface area contributed by atoms with E-state index in [0.29, 0.717) is 53.0 Å². The molecule has 250 valence electrons. The largest absolute Gasteiger partial charge is 0.493 e. The Balaban J connectivity index is 1.55. The molecule has 0 N–H and O–H groups in total. The Morgan fingerprint density at radius 3 is 2.30 bits per heavy atom. The second-order valence-corrected chi connectivity index (χ2v) is 12.0. The van der Waals surface area contributed by atoms with Crippen LogP contribution in [0.4, 0.5) is 13.2 Å². The zero-order valence-electron chi connectivity index (χ0n) is 25.6. The third kappa shape index (κ3) is 7.23. The van der Waals surface area contributed by atoms with Gasteiger partial charge in [-0.3, -0.25) is 18.7 Å². The minimum absolute atomic E-state index is 0.0142. The van der Waals surface area contributed by atoms with E-state index in [1.165, 1.54) is 11.7 Å². The summed E-state index contributed by atoms with van der Waals surface area (Å²) in [4.78, 5) is 40.7. The fourth-order valence-corrected chi connectivity index (χ4v) is 5.92. The fourth-order valence-electron chi connectivity index (χ4n) is 5.61. The van der Waals surface area contributed by atoms with Gasteiger partial charge in [0.1, 0.15) is 19.5 Å². The zero-order valence-corrected chi connectivity index (χ0v) is 27.1. The molecule has 0 bridgehead atoms. The van der Waals surface area contributed by atoms with Crippen LogP contribution >= 0.6 is 23.2 Å². The standard InChI is InChI=1S/C33H32Cl2F3N3O6/c1-19(21-4-5-25(34)26(35)12-21)46-29-6-3-20(11-31(29)45-2)17-40-32(43)24-13-30(47-23(15-36)16-37)27(38)14-28(24)41(33(40)44)22-7-9-39(18-42)10-8-22/h3-6,11-14,18-19,22-23H,7-10,15-17H2,1-2H3. The summed E-state index contributed by atoms with van der Waals surface area (Å²) in [6, 6.07) is 11.7. The number of rotatable bonds is 12. The van der Waals surface area contributed by atoms with Crippen molar-refractivity contribution in [3.63, 3.8) is 0 Å². The lowest BCUT2D eigenvalue weighted by atomic mass is 10.0. The van der Waals surface area contributed by atoms with E-state index in [1.54, 1.807) is 41.3 Å². The molecule has 3 aromatic carbocycles. The van der Waals surface area contributed by atoms with Gasteiger partial charge in [-0.15, -0.1) is 0 Å². The first-order valence-electron chi connectivity index (χ1n) is 14.8. The Morgan fingerprint density at radius 1 is 0.936 bits per heavy atom. The van der Waals surface area contributed by atoms with Crippen molar-refractivity contribution in [1.82, 2.24) is 14.0 Å². The highest BCUT2D eigenvalue weighted by Crippen LogP contribution is 2.34. The molecule has 4 aromatic rings. The lowest BCUT2D eigenvalue weighted by molar-refractivity contribution is -0.119. The van der Waals surface area contributed by atoms with Crippen molar-refractivity contribution in [1.29, 1.82) is 0 Å². The molecule has 14 heteroatoms. The van der Waals surface area contributed by atoms with Gasteiger partial charge in [0.2, 0.25) is 6.41 Å². The number of likely N-dealkylation sites (tertiary alicyclic amines) is 1. The molecule has 5 rings (SSSR count). The van der Waals surface area contributed by atoms with Gasteiger partial charge in [-0.25, -0.2) is 18.0 Å². The second kappa shape index (κ2) is 14.7. The van der Waals surface area contributed by atoms with Gasteiger partial charge in [0.15, 0.2) is 29.2 Å². The Morgan fingerprint density at radius 2 is 1.66 bits per heavy atom. The number of benzene rings is 3. The van der Waals surface area contributed by atoms with Gasteiger partial charge in [0.25, 0.3) is 5.56 Å². The molecule has 1 amide bonds. The third-order valence-corrected chi connectivity index (χ3v) is 8.90. The van der Waals surface area contributed by atoms with E-state index in [2.05, 4.69) is 0 Å². The molecule has 1 aliphatic heterocycles. The van der Waals surface area contributed by atoms with Gasteiger partial charge in [-0.2, -0.15) is 0 Å². The molecule has 1 aromatic heterocycles. The smallest absolute Gasteiger partial charge is 0.332 e. The fraction of sp³-hybridized carbons (Fsp3) is 0.364. The molecule has 0 radical (unpaired) electrons. The minimum Gasteiger partial charge on any atom is -0.493 e. The van der Waals surface area contributed by atoms with Gasteiger partial charge >= 0.3 is 5.69 Å². The maximum atomic E-state index is 15.2. The summed E-state index contributed by atoms with van der Waals surface area (Å²) in [5.74, 6) is -0.754. The first-order valence-corrected chi connectivity index (χ1v) is 15.6.